The maximum absolute atomic E-state index is 12.3. The summed E-state index contributed by atoms with van der Waals surface area (Å²) in [5.41, 5.74) is 1.37. The van der Waals surface area contributed by atoms with Crippen molar-refractivity contribution in [1.82, 2.24) is 4.98 Å². The molecule has 0 saturated carbocycles. The number of rotatable bonds is 5. The van der Waals surface area contributed by atoms with Gasteiger partial charge in [0, 0.05) is 17.4 Å². The Balaban J connectivity index is 1.71. The molecule has 6 nitrogen and oxygen atoms in total. The zero-order valence-corrected chi connectivity index (χ0v) is 13.9. The Morgan fingerprint density at radius 3 is 2.20 bits per heavy atom. The van der Waals surface area contributed by atoms with Gasteiger partial charge in [-0.25, -0.2) is 8.42 Å². The summed E-state index contributed by atoms with van der Waals surface area (Å²) in [7, 11) is -3.65. The Bertz CT molecular complexity index is 957. The van der Waals surface area contributed by atoms with Crippen LogP contribution in [0.1, 0.15) is 10.4 Å². The van der Waals surface area contributed by atoms with E-state index in [0.29, 0.717) is 16.9 Å². The van der Waals surface area contributed by atoms with Gasteiger partial charge in [0.2, 0.25) is 0 Å². The van der Waals surface area contributed by atoms with E-state index < -0.39 is 10.0 Å². The number of aromatic nitrogens is 1. The maximum Gasteiger partial charge on any atom is 0.261 e. The number of nitrogens with zero attached hydrogens (tertiary/aromatic N) is 1. The highest BCUT2D eigenvalue weighted by molar-refractivity contribution is 7.92. The topological polar surface area (TPSA) is 88.2 Å². The van der Waals surface area contributed by atoms with Crippen molar-refractivity contribution in [1.29, 1.82) is 0 Å². The van der Waals surface area contributed by atoms with E-state index >= 15 is 0 Å². The Morgan fingerprint density at radius 2 is 1.56 bits per heavy atom. The molecular weight excluding hydrogens is 338 g/mol. The van der Waals surface area contributed by atoms with Crippen molar-refractivity contribution >= 4 is 27.3 Å². The van der Waals surface area contributed by atoms with Crippen LogP contribution in [0.5, 0.6) is 0 Å². The minimum atomic E-state index is -3.65. The molecule has 1 amide bonds. The fourth-order valence-electron chi connectivity index (χ4n) is 2.14. The lowest BCUT2D eigenvalue weighted by Gasteiger charge is -2.09. The van der Waals surface area contributed by atoms with E-state index in [4.69, 9.17) is 0 Å². The lowest BCUT2D eigenvalue weighted by atomic mass is 10.2. The third-order valence-electron chi connectivity index (χ3n) is 3.37. The third-order valence-corrected chi connectivity index (χ3v) is 4.77. The fraction of sp³-hybridized carbons (Fsp3) is 0. The summed E-state index contributed by atoms with van der Waals surface area (Å²) in [4.78, 5) is 16.3. The van der Waals surface area contributed by atoms with Gasteiger partial charge in [-0.05, 0) is 48.5 Å². The van der Waals surface area contributed by atoms with Crippen molar-refractivity contribution in [3.63, 3.8) is 0 Å². The summed E-state index contributed by atoms with van der Waals surface area (Å²) in [6, 6.07) is 17.7. The SMILES string of the molecule is O=C(Nc1cccnc1)c1ccc(NS(=O)(=O)c2ccccc2)cc1. The molecule has 0 fully saturated rings. The number of nitrogens with one attached hydrogen (secondary N) is 2. The quantitative estimate of drug-likeness (QED) is 0.737. The number of sulfonamides is 1. The van der Waals surface area contributed by atoms with Crippen molar-refractivity contribution in [2.75, 3.05) is 10.0 Å². The zero-order chi connectivity index (χ0) is 17.7. The highest BCUT2D eigenvalue weighted by atomic mass is 32.2. The van der Waals surface area contributed by atoms with Crippen LogP contribution in [0.15, 0.2) is 84.0 Å². The number of carbonyl (C=O) groups excluding carboxylic acids is 1. The molecule has 25 heavy (non-hydrogen) atoms. The predicted molar refractivity (Wildman–Crippen MR) is 95.9 cm³/mol. The molecule has 0 aliphatic carbocycles. The Hall–Kier alpha value is -3.19. The normalized spacial score (nSPS) is 10.9. The summed E-state index contributed by atoms with van der Waals surface area (Å²) in [5.74, 6) is -0.300. The van der Waals surface area contributed by atoms with E-state index in [-0.39, 0.29) is 10.8 Å². The lowest BCUT2D eigenvalue weighted by Crippen LogP contribution is -2.14. The summed E-state index contributed by atoms with van der Waals surface area (Å²) >= 11 is 0. The molecule has 126 valence electrons. The van der Waals surface area contributed by atoms with Crippen LogP contribution in [0, 0.1) is 0 Å². The molecule has 0 unspecified atom stereocenters. The van der Waals surface area contributed by atoms with Gasteiger partial charge in [0.1, 0.15) is 0 Å². The molecule has 0 aliphatic rings. The molecule has 0 spiro atoms. The first-order valence-electron chi connectivity index (χ1n) is 7.44. The molecule has 0 atom stereocenters. The van der Waals surface area contributed by atoms with Crippen LogP contribution in [-0.4, -0.2) is 19.3 Å². The van der Waals surface area contributed by atoms with Gasteiger partial charge in [-0.2, -0.15) is 0 Å². The monoisotopic (exact) mass is 353 g/mol. The second kappa shape index (κ2) is 7.14. The molecule has 0 aliphatic heterocycles. The first-order chi connectivity index (χ1) is 12.0. The van der Waals surface area contributed by atoms with Crippen molar-refractivity contribution < 1.29 is 13.2 Å². The van der Waals surface area contributed by atoms with Gasteiger partial charge in [0.15, 0.2) is 0 Å². The summed E-state index contributed by atoms with van der Waals surface area (Å²) in [5, 5.41) is 2.71. The van der Waals surface area contributed by atoms with E-state index in [9.17, 15) is 13.2 Å². The number of hydrogen-bond donors (Lipinski definition) is 2. The Kier molecular flexibility index (Phi) is 4.76. The second-order valence-corrected chi connectivity index (χ2v) is 6.87. The number of carbonyl (C=O) groups is 1. The first kappa shape index (κ1) is 16.7. The van der Waals surface area contributed by atoms with Crippen molar-refractivity contribution in [3.8, 4) is 0 Å². The predicted octanol–water partition coefficient (Wildman–Crippen LogP) is 3.13. The number of benzene rings is 2. The Labute approximate surface area is 145 Å². The summed E-state index contributed by atoms with van der Waals surface area (Å²) in [6.45, 7) is 0. The molecular formula is C18H15N3O3S. The van der Waals surface area contributed by atoms with Gasteiger partial charge in [-0.15, -0.1) is 0 Å². The van der Waals surface area contributed by atoms with Crippen molar-refractivity contribution in [2.24, 2.45) is 0 Å². The van der Waals surface area contributed by atoms with Crippen LogP contribution < -0.4 is 10.0 Å². The van der Waals surface area contributed by atoms with Gasteiger partial charge in [-0.1, -0.05) is 18.2 Å². The largest absolute Gasteiger partial charge is 0.321 e. The van der Waals surface area contributed by atoms with E-state index in [1.807, 2.05) is 0 Å². The minimum Gasteiger partial charge on any atom is -0.321 e. The van der Waals surface area contributed by atoms with Crippen LogP contribution in [-0.2, 0) is 10.0 Å². The minimum absolute atomic E-state index is 0.174. The third kappa shape index (κ3) is 4.21. The van der Waals surface area contributed by atoms with Crippen LogP contribution in [0.3, 0.4) is 0 Å². The molecule has 3 rings (SSSR count). The zero-order valence-electron chi connectivity index (χ0n) is 13.1. The second-order valence-electron chi connectivity index (χ2n) is 5.19. The van der Waals surface area contributed by atoms with Crippen LogP contribution >= 0.6 is 0 Å². The van der Waals surface area contributed by atoms with E-state index in [1.165, 1.54) is 12.1 Å². The average Bonchev–Trinajstić information content (AvgIpc) is 2.63. The molecule has 1 aromatic heterocycles. The smallest absolute Gasteiger partial charge is 0.261 e. The van der Waals surface area contributed by atoms with Gasteiger partial charge in [-0.3, -0.25) is 14.5 Å². The van der Waals surface area contributed by atoms with E-state index in [2.05, 4.69) is 15.0 Å². The standard InChI is InChI=1S/C18H15N3O3S/c22-18(20-16-5-4-12-19-13-16)14-8-10-15(11-9-14)21-25(23,24)17-6-2-1-3-7-17/h1-13,21H,(H,20,22). The molecule has 2 N–H and O–H groups in total. The highest BCUT2D eigenvalue weighted by Gasteiger charge is 2.14. The average molecular weight is 353 g/mol. The molecule has 7 heteroatoms. The molecule has 0 radical (unpaired) electrons. The highest BCUT2D eigenvalue weighted by Crippen LogP contribution is 2.17. The van der Waals surface area contributed by atoms with E-state index in [0.717, 1.165) is 0 Å². The molecule has 0 bridgehead atoms. The van der Waals surface area contributed by atoms with Gasteiger partial charge in [0.25, 0.3) is 15.9 Å². The van der Waals surface area contributed by atoms with Crippen LogP contribution in [0.25, 0.3) is 0 Å². The Morgan fingerprint density at radius 1 is 0.840 bits per heavy atom. The number of pyridine rings is 1. The molecule has 2 aromatic carbocycles. The molecule has 0 saturated heterocycles. The van der Waals surface area contributed by atoms with E-state index in [1.54, 1.807) is 67.0 Å². The maximum atomic E-state index is 12.3. The van der Waals surface area contributed by atoms with Crippen LogP contribution in [0.2, 0.25) is 0 Å². The van der Waals surface area contributed by atoms with Crippen LogP contribution in [0.4, 0.5) is 11.4 Å². The lowest BCUT2D eigenvalue weighted by molar-refractivity contribution is 0.102. The fourth-order valence-corrected chi connectivity index (χ4v) is 3.22. The number of anilines is 2. The van der Waals surface area contributed by atoms with Crippen molar-refractivity contribution in [2.45, 2.75) is 4.90 Å². The first-order valence-corrected chi connectivity index (χ1v) is 8.92. The number of hydrogen-bond acceptors (Lipinski definition) is 4. The summed E-state index contributed by atoms with van der Waals surface area (Å²) < 4.78 is 27.0. The van der Waals surface area contributed by atoms with Gasteiger partial charge < -0.3 is 5.32 Å². The van der Waals surface area contributed by atoms with Gasteiger partial charge >= 0.3 is 0 Å². The van der Waals surface area contributed by atoms with Crippen molar-refractivity contribution in [3.05, 3.63) is 84.7 Å². The molecule has 3 aromatic rings. The summed E-state index contributed by atoms with van der Waals surface area (Å²) in [6.07, 6.45) is 3.16. The molecule has 1 heterocycles. The number of amides is 1. The van der Waals surface area contributed by atoms with Gasteiger partial charge in [0.05, 0.1) is 16.8 Å².